The summed E-state index contributed by atoms with van der Waals surface area (Å²) in [6.45, 7) is -0.0512. The van der Waals surface area contributed by atoms with Crippen molar-refractivity contribution in [3.8, 4) is 11.1 Å². The molecule has 0 bridgehead atoms. The first-order chi connectivity index (χ1) is 7.70. The van der Waals surface area contributed by atoms with Crippen LogP contribution in [0, 0.1) is 5.82 Å². The highest BCUT2D eigenvalue weighted by molar-refractivity contribution is 5.66. The summed E-state index contributed by atoms with van der Waals surface area (Å²) in [5.74, 6) is -0.352. The summed E-state index contributed by atoms with van der Waals surface area (Å²) in [5, 5.41) is 9.01. The Labute approximate surface area is 93.2 Å². The predicted octanol–water partition coefficient (Wildman–Crippen LogP) is 2.57. The zero-order valence-electron chi connectivity index (χ0n) is 8.65. The van der Waals surface area contributed by atoms with Gasteiger partial charge in [0.15, 0.2) is 0 Å². The Hall–Kier alpha value is -1.87. The van der Waals surface area contributed by atoms with Crippen molar-refractivity contribution in [2.24, 2.45) is 0 Å². The van der Waals surface area contributed by atoms with Crippen molar-refractivity contribution in [1.82, 2.24) is 0 Å². The van der Waals surface area contributed by atoms with E-state index in [2.05, 4.69) is 0 Å². The molecule has 82 valence electrons. The van der Waals surface area contributed by atoms with Gasteiger partial charge in [0, 0.05) is 11.3 Å². The Kier molecular flexibility index (Phi) is 2.88. The average molecular weight is 217 g/mol. The van der Waals surface area contributed by atoms with Gasteiger partial charge in [0.25, 0.3) is 0 Å². The van der Waals surface area contributed by atoms with E-state index in [0.29, 0.717) is 11.3 Å². The molecule has 0 unspecified atom stereocenters. The van der Waals surface area contributed by atoms with Gasteiger partial charge in [-0.3, -0.25) is 0 Å². The lowest BCUT2D eigenvalue weighted by Crippen LogP contribution is -1.90. The topological polar surface area (TPSA) is 46.2 Å². The van der Waals surface area contributed by atoms with Crippen molar-refractivity contribution in [3.05, 3.63) is 53.8 Å². The highest BCUT2D eigenvalue weighted by Crippen LogP contribution is 2.25. The van der Waals surface area contributed by atoms with Crippen LogP contribution < -0.4 is 5.73 Å². The second-order valence-corrected chi connectivity index (χ2v) is 3.60. The summed E-state index contributed by atoms with van der Waals surface area (Å²) in [6.07, 6.45) is 0. The van der Waals surface area contributed by atoms with Gasteiger partial charge < -0.3 is 10.8 Å². The van der Waals surface area contributed by atoms with E-state index >= 15 is 0 Å². The Morgan fingerprint density at radius 1 is 1.12 bits per heavy atom. The number of nitrogens with two attached hydrogens (primary N) is 1. The molecule has 2 aromatic carbocycles. The van der Waals surface area contributed by atoms with Gasteiger partial charge in [0.2, 0.25) is 0 Å². The minimum absolute atomic E-state index is 0.0512. The number of hydrogen-bond donors (Lipinski definition) is 2. The first-order valence-corrected chi connectivity index (χ1v) is 4.96. The maximum absolute atomic E-state index is 13.6. The second kappa shape index (κ2) is 4.33. The van der Waals surface area contributed by atoms with E-state index in [1.54, 1.807) is 36.4 Å². The van der Waals surface area contributed by atoms with Crippen molar-refractivity contribution in [2.45, 2.75) is 6.61 Å². The standard InChI is InChI=1S/C13H12FNO/c14-13-7-11(15)4-5-12(13)10-3-1-2-9(6-10)8-16/h1-7,16H,8,15H2. The fourth-order valence-electron chi connectivity index (χ4n) is 1.60. The molecule has 2 aromatic rings. The number of anilines is 1. The number of nitrogen functional groups attached to an aromatic ring is 1. The first kappa shape index (κ1) is 10.6. The van der Waals surface area contributed by atoms with E-state index in [9.17, 15) is 4.39 Å². The van der Waals surface area contributed by atoms with Crippen LogP contribution in [0.2, 0.25) is 0 Å². The molecule has 16 heavy (non-hydrogen) atoms. The van der Waals surface area contributed by atoms with Crippen molar-refractivity contribution in [3.63, 3.8) is 0 Å². The largest absolute Gasteiger partial charge is 0.399 e. The monoisotopic (exact) mass is 217 g/mol. The second-order valence-electron chi connectivity index (χ2n) is 3.60. The van der Waals surface area contributed by atoms with Gasteiger partial charge in [-0.15, -0.1) is 0 Å². The Bertz CT molecular complexity index is 511. The molecule has 0 spiro atoms. The number of aliphatic hydroxyl groups excluding tert-OH is 1. The van der Waals surface area contributed by atoms with Crippen LogP contribution in [0.5, 0.6) is 0 Å². The van der Waals surface area contributed by atoms with Crippen LogP contribution in [0.3, 0.4) is 0 Å². The molecule has 2 nitrogen and oxygen atoms in total. The minimum atomic E-state index is -0.352. The minimum Gasteiger partial charge on any atom is -0.399 e. The molecule has 0 saturated carbocycles. The number of rotatable bonds is 2. The van der Waals surface area contributed by atoms with Gasteiger partial charge in [0.1, 0.15) is 5.82 Å². The van der Waals surface area contributed by atoms with Crippen LogP contribution in [-0.2, 0) is 6.61 Å². The molecule has 0 aromatic heterocycles. The quantitative estimate of drug-likeness (QED) is 0.759. The van der Waals surface area contributed by atoms with Crippen LogP contribution >= 0.6 is 0 Å². The zero-order valence-corrected chi connectivity index (χ0v) is 8.65. The molecular weight excluding hydrogens is 205 g/mol. The Morgan fingerprint density at radius 2 is 1.94 bits per heavy atom. The molecule has 2 rings (SSSR count). The van der Waals surface area contributed by atoms with Crippen LogP contribution in [0.15, 0.2) is 42.5 Å². The normalized spacial score (nSPS) is 10.4. The van der Waals surface area contributed by atoms with Gasteiger partial charge in [-0.05, 0) is 35.4 Å². The fourth-order valence-corrected chi connectivity index (χ4v) is 1.60. The summed E-state index contributed by atoms with van der Waals surface area (Å²) in [6, 6.07) is 11.7. The predicted molar refractivity (Wildman–Crippen MR) is 62.2 cm³/mol. The first-order valence-electron chi connectivity index (χ1n) is 4.96. The SMILES string of the molecule is Nc1ccc(-c2cccc(CO)c2)c(F)c1. The van der Waals surface area contributed by atoms with Gasteiger partial charge in [0.05, 0.1) is 6.61 Å². The molecule has 3 heteroatoms. The molecule has 0 amide bonds. The maximum atomic E-state index is 13.6. The molecule has 0 saturated heterocycles. The lowest BCUT2D eigenvalue weighted by molar-refractivity contribution is 0.282. The van der Waals surface area contributed by atoms with E-state index in [-0.39, 0.29) is 12.4 Å². The fraction of sp³-hybridized carbons (Fsp3) is 0.0769. The molecule has 0 heterocycles. The Balaban J connectivity index is 2.49. The van der Waals surface area contributed by atoms with E-state index in [4.69, 9.17) is 10.8 Å². The number of benzene rings is 2. The Morgan fingerprint density at radius 3 is 2.62 bits per heavy atom. The molecule has 0 aliphatic heterocycles. The molecule has 0 aliphatic rings. The van der Waals surface area contributed by atoms with Gasteiger partial charge in [-0.2, -0.15) is 0 Å². The molecular formula is C13H12FNO. The smallest absolute Gasteiger partial charge is 0.133 e. The third-order valence-corrected chi connectivity index (χ3v) is 2.41. The number of aliphatic hydroxyl groups is 1. The van der Waals surface area contributed by atoms with Crippen molar-refractivity contribution >= 4 is 5.69 Å². The lowest BCUT2D eigenvalue weighted by atomic mass is 10.0. The molecule has 0 fully saturated rings. The third kappa shape index (κ3) is 2.04. The van der Waals surface area contributed by atoms with Gasteiger partial charge in [-0.1, -0.05) is 18.2 Å². The van der Waals surface area contributed by atoms with E-state index in [1.807, 2.05) is 0 Å². The molecule has 0 radical (unpaired) electrons. The van der Waals surface area contributed by atoms with E-state index < -0.39 is 0 Å². The summed E-state index contributed by atoms with van der Waals surface area (Å²) < 4.78 is 13.6. The number of hydrogen-bond acceptors (Lipinski definition) is 2. The molecule has 3 N–H and O–H groups in total. The lowest BCUT2D eigenvalue weighted by Gasteiger charge is -2.05. The summed E-state index contributed by atoms with van der Waals surface area (Å²) >= 11 is 0. The van der Waals surface area contributed by atoms with Crippen LogP contribution in [0.25, 0.3) is 11.1 Å². The van der Waals surface area contributed by atoms with Crippen molar-refractivity contribution < 1.29 is 9.50 Å². The van der Waals surface area contributed by atoms with Crippen LogP contribution in [0.1, 0.15) is 5.56 Å². The van der Waals surface area contributed by atoms with Crippen molar-refractivity contribution in [2.75, 3.05) is 5.73 Å². The van der Waals surface area contributed by atoms with Crippen LogP contribution in [0.4, 0.5) is 10.1 Å². The summed E-state index contributed by atoms with van der Waals surface area (Å²) in [5.41, 5.74) is 7.87. The van der Waals surface area contributed by atoms with E-state index in [0.717, 1.165) is 11.1 Å². The summed E-state index contributed by atoms with van der Waals surface area (Å²) in [7, 11) is 0. The highest BCUT2D eigenvalue weighted by atomic mass is 19.1. The summed E-state index contributed by atoms with van der Waals surface area (Å²) in [4.78, 5) is 0. The highest BCUT2D eigenvalue weighted by Gasteiger charge is 2.05. The van der Waals surface area contributed by atoms with Gasteiger partial charge in [-0.25, -0.2) is 4.39 Å². The van der Waals surface area contributed by atoms with Crippen LogP contribution in [-0.4, -0.2) is 5.11 Å². The van der Waals surface area contributed by atoms with Gasteiger partial charge >= 0.3 is 0 Å². The average Bonchev–Trinajstić information content (AvgIpc) is 2.29. The maximum Gasteiger partial charge on any atom is 0.133 e. The third-order valence-electron chi connectivity index (χ3n) is 2.41. The number of halogens is 1. The van der Waals surface area contributed by atoms with E-state index in [1.165, 1.54) is 6.07 Å². The zero-order chi connectivity index (χ0) is 11.5. The molecule has 0 aliphatic carbocycles. The van der Waals surface area contributed by atoms with Crippen molar-refractivity contribution in [1.29, 1.82) is 0 Å². The molecule has 0 atom stereocenters.